The molecule has 1 amide bonds. The van der Waals surface area contributed by atoms with Gasteiger partial charge in [0.1, 0.15) is 6.54 Å². The van der Waals surface area contributed by atoms with E-state index >= 15 is 0 Å². The van der Waals surface area contributed by atoms with Crippen molar-refractivity contribution >= 4 is 11.6 Å². The van der Waals surface area contributed by atoms with E-state index < -0.39 is 11.7 Å². The Kier molecular flexibility index (Phi) is 8.82. The van der Waals surface area contributed by atoms with Crippen molar-refractivity contribution in [2.75, 3.05) is 32.6 Å². The summed E-state index contributed by atoms with van der Waals surface area (Å²) in [6, 6.07) is 20.2. The van der Waals surface area contributed by atoms with Gasteiger partial charge in [-0.05, 0) is 47.5 Å². The van der Waals surface area contributed by atoms with Crippen LogP contribution in [0.3, 0.4) is 0 Å². The van der Waals surface area contributed by atoms with Crippen LogP contribution in [0, 0.1) is 0 Å². The number of hydrogen-bond acceptors (Lipinski definition) is 2. The molecule has 0 aliphatic carbocycles. The van der Waals surface area contributed by atoms with Gasteiger partial charge in [0, 0.05) is 29.7 Å². The Balaban J connectivity index is 0.00000361. The van der Waals surface area contributed by atoms with Gasteiger partial charge >= 0.3 is 6.18 Å². The van der Waals surface area contributed by atoms with Gasteiger partial charge in [-0.1, -0.05) is 36.4 Å². The molecule has 3 aromatic carbocycles. The molecule has 1 aliphatic heterocycles. The standard InChI is InChI=1S/C28H29F3N2O2.ClH/c1-33(2,26-14-16-35-17-15-26)19-20-6-12-25(13-7-20)32-27(34)23-5-3-4-22(18-23)21-8-10-24(11-9-21)28(29,30)31;/h3-13,18,26H,14-17,19H2,1-2H3;1H. The summed E-state index contributed by atoms with van der Waals surface area (Å²) in [5, 5.41) is 2.91. The van der Waals surface area contributed by atoms with Gasteiger partial charge in [0.2, 0.25) is 0 Å². The van der Waals surface area contributed by atoms with Crippen molar-refractivity contribution in [2.24, 2.45) is 0 Å². The maximum atomic E-state index is 12.8. The van der Waals surface area contributed by atoms with Crippen LogP contribution in [0.1, 0.15) is 34.3 Å². The van der Waals surface area contributed by atoms with E-state index in [1.807, 2.05) is 24.3 Å². The lowest BCUT2D eigenvalue weighted by Crippen LogP contribution is -3.00. The Bertz CT molecular complexity index is 1160. The molecule has 0 unspecified atom stereocenters. The predicted molar refractivity (Wildman–Crippen MR) is 131 cm³/mol. The molecule has 1 N–H and O–H groups in total. The highest BCUT2D eigenvalue weighted by Gasteiger charge is 2.31. The summed E-state index contributed by atoms with van der Waals surface area (Å²) in [7, 11) is 4.49. The van der Waals surface area contributed by atoms with Crippen LogP contribution in [0.2, 0.25) is 0 Å². The van der Waals surface area contributed by atoms with Gasteiger partial charge in [-0.25, -0.2) is 0 Å². The highest BCUT2D eigenvalue weighted by atomic mass is 35.5. The molecule has 0 saturated carbocycles. The molecule has 1 heterocycles. The Morgan fingerprint density at radius 3 is 2.19 bits per heavy atom. The zero-order chi connectivity index (χ0) is 25.1. The van der Waals surface area contributed by atoms with Crippen LogP contribution in [0.4, 0.5) is 18.9 Å². The summed E-state index contributed by atoms with van der Waals surface area (Å²) in [5.41, 5.74) is 2.91. The molecule has 0 atom stereocenters. The smallest absolute Gasteiger partial charge is 0.416 e. The van der Waals surface area contributed by atoms with Crippen LogP contribution >= 0.6 is 0 Å². The first-order chi connectivity index (χ1) is 16.6. The molecular formula is C28H30ClF3N2O2. The molecule has 36 heavy (non-hydrogen) atoms. The maximum Gasteiger partial charge on any atom is 0.416 e. The molecule has 192 valence electrons. The molecule has 0 radical (unpaired) electrons. The largest absolute Gasteiger partial charge is 1.00 e. The van der Waals surface area contributed by atoms with Gasteiger partial charge in [-0.15, -0.1) is 0 Å². The van der Waals surface area contributed by atoms with Gasteiger partial charge < -0.3 is 26.9 Å². The van der Waals surface area contributed by atoms with Crippen LogP contribution < -0.4 is 17.7 Å². The second kappa shape index (κ2) is 11.5. The second-order valence-corrected chi connectivity index (χ2v) is 9.59. The van der Waals surface area contributed by atoms with Gasteiger partial charge in [-0.3, -0.25) is 4.79 Å². The summed E-state index contributed by atoms with van der Waals surface area (Å²) in [5.74, 6) is -0.273. The van der Waals surface area contributed by atoms with Crippen LogP contribution in [-0.4, -0.2) is 43.7 Å². The second-order valence-electron chi connectivity index (χ2n) is 9.59. The lowest BCUT2D eigenvalue weighted by Gasteiger charge is -2.40. The molecule has 4 nitrogen and oxygen atoms in total. The first-order valence-corrected chi connectivity index (χ1v) is 11.7. The number of halogens is 4. The van der Waals surface area contributed by atoms with Gasteiger partial charge in [-0.2, -0.15) is 13.2 Å². The molecule has 1 aliphatic rings. The first kappa shape index (κ1) is 27.7. The average molecular weight is 519 g/mol. The molecule has 0 spiro atoms. The van der Waals surface area contributed by atoms with E-state index in [2.05, 4.69) is 19.4 Å². The molecule has 4 rings (SSSR count). The molecule has 1 saturated heterocycles. The van der Waals surface area contributed by atoms with E-state index in [0.29, 0.717) is 28.4 Å². The normalized spacial score (nSPS) is 14.7. The summed E-state index contributed by atoms with van der Waals surface area (Å²) in [4.78, 5) is 12.8. The Hall–Kier alpha value is -2.87. The van der Waals surface area contributed by atoms with E-state index in [4.69, 9.17) is 4.74 Å². The SMILES string of the molecule is C[N+](C)(Cc1ccc(NC(=O)c2cccc(-c3ccc(C(F)(F)F)cc3)c2)cc1)C1CCOCC1.[Cl-]. The number of benzene rings is 3. The zero-order valence-electron chi connectivity index (χ0n) is 20.3. The molecule has 8 heteroatoms. The molecule has 0 bridgehead atoms. The summed E-state index contributed by atoms with van der Waals surface area (Å²) in [6.45, 7) is 2.53. The van der Waals surface area contributed by atoms with Gasteiger partial charge in [0.15, 0.2) is 0 Å². The fraction of sp³-hybridized carbons (Fsp3) is 0.321. The third kappa shape index (κ3) is 6.87. The minimum absolute atomic E-state index is 0. The molecule has 3 aromatic rings. The topological polar surface area (TPSA) is 38.3 Å². The number of nitrogens with zero attached hydrogens (tertiary/aromatic N) is 1. The number of rotatable bonds is 6. The number of hydrogen-bond donors (Lipinski definition) is 1. The van der Waals surface area contributed by atoms with Crippen LogP contribution in [-0.2, 0) is 17.5 Å². The number of carbonyl (C=O) groups excluding carboxylic acids is 1. The Labute approximate surface area is 216 Å². The number of alkyl halides is 3. The Morgan fingerprint density at radius 1 is 0.944 bits per heavy atom. The van der Waals surface area contributed by atoms with Crippen molar-refractivity contribution in [2.45, 2.75) is 31.6 Å². The number of nitrogens with one attached hydrogen (secondary N) is 1. The first-order valence-electron chi connectivity index (χ1n) is 11.7. The zero-order valence-corrected chi connectivity index (χ0v) is 21.1. The van der Waals surface area contributed by atoms with E-state index in [0.717, 1.165) is 49.2 Å². The Morgan fingerprint density at radius 2 is 1.58 bits per heavy atom. The third-order valence-corrected chi connectivity index (χ3v) is 6.65. The number of anilines is 1. The lowest BCUT2D eigenvalue weighted by molar-refractivity contribution is -0.929. The number of carbonyl (C=O) groups is 1. The molecule has 0 aromatic heterocycles. The van der Waals surface area contributed by atoms with Crippen LogP contribution in [0.15, 0.2) is 72.8 Å². The van der Waals surface area contributed by atoms with Crippen molar-refractivity contribution in [1.82, 2.24) is 0 Å². The van der Waals surface area contributed by atoms with Crippen molar-refractivity contribution < 1.29 is 39.6 Å². The van der Waals surface area contributed by atoms with E-state index in [1.54, 1.807) is 24.3 Å². The van der Waals surface area contributed by atoms with Gasteiger partial charge in [0.05, 0.1) is 38.9 Å². The third-order valence-electron chi connectivity index (χ3n) is 6.65. The van der Waals surface area contributed by atoms with E-state index in [9.17, 15) is 18.0 Å². The molecular weight excluding hydrogens is 489 g/mol. The van der Waals surface area contributed by atoms with Crippen molar-refractivity contribution in [3.8, 4) is 11.1 Å². The monoisotopic (exact) mass is 518 g/mol. The van der Waals surface area contributed by atoms with Gasteiger partial charge in [0.25, 0.3) is 5.91 Å². The molecule has 1 fully saturated rings. The summed E-state index contributed by atoms with van der Waals surface area (Å²) < 4.78 is 44.9. The predicted octanol–water partition coefficient (Wildman–Crippen LogP) is 3.38. The highest BCUT2D eigenvalue weighted by Crippen LogP contribution is 2.31. The fourth-order valence-electron chi connectivity index (χ4n) is 4.57. The average Bonchev–Trinajstić information content (AvgIpc) is 2.85. The number of quaternary nitrogens is 1. The maximum absolute atomic E-state index is 12.8. The lowest BCUT2D eigenvalue weighted by atomic mass is 10.0. The minimum Gasteiger partial charge on any atom is -1.00 e. The van der Waals surface area contributed by atoms with Crippen molar-refractivity contribution in [3.63, 3.8) is 0 Å². The highest BCUT2D eigenvalue weighted by molar-refractivity contribution is 6.05. The number of amides is 1. The summed E-state index contributed by atoms with van der Waals surface area (Å²) >= 11 is 0. The number of ether oxygens (including phenoxy) is 1. The fourth-order valence-corrected chi connectivity index (χ4v) is 4.57. The van der Waals surface area contributed by atoms with E-state index in [-0.39, 0.29) is 18.3 Å². The quantitative estimate of drug-likeness (QED) is 0.508. The van der Waals surface area contributed by atoms with Crippen LogP contribution in [0.25, 0.3) is 11.1 Å². The minimum atomic E-state index is -4.38. The summed E-state index contributed by atoms with van der Waals surface area (Å²) in [6.07, 6.45) is -2.26. The van der Waals surface area contributed by atoms with E-state index in [1.165, 1.54) is 17.7 Å². The van der Waals surface area contributed by atoms with Crippen molar-refractivity contribution in [3.05, 3.63) is 89.5 Å². The van der Waals surface area contributed by atoms with Crippen molar-refractivity contribution in [1.29, 1.82) is 0 Å². The van der Waals surface area contributed by atoms with Crippen LogP contribution in [0.5, 0.6) is 0 Å².